The van der Waals surface area contributed by atoms with Crippen molar-refractivity contribution in [3.05, 3.63) is 189 Å². The number of hydrogen-bond donors (Lipinski definition) is 3. The van der Waals surface area contributed by atoms with Gasteiger partial charge in [0, 0.05) is 58.9 Å². The molecule has 1 saturated heterocycles. The van der Waals surface area contributed by atoms with Gasteiger partial charge in [0.05, 0.1) is 36.8 Å². The van der Waals surface area contributed by atoms with Gasteiger partial charge in [0.15, 0.2) is 16.6 Å². The van der Waals surface area contributed by atoms with Crippen LogP contribution in [-0.4, -0.2) is 86.1 Å². The first kappa shape index (κ1) is 52.6. The van der Waals surface area contributed by atoms with Crippen molar-refractivity contribution in [3.8, 4) is 17.3 Å². The molecule has 3 aromatic carbocycles. The maximum absolute atomic E-state index is 10.5. The van der Waals surface area contributed by atoms with Gasteiger partial charge in [0.1, 0.15) is 40.9 Å². The summed E-state index contributed by atoms with van der Waals surface area (Å²) < 4.78 is 20.3. The fourth-order valence-electron chi connectivity index (χ4n) is 6.52. The first-order valence-corrected chi connectivity index (χ1v) is 23.1. The van der Waals surface area contributed by atoms with Crippen LogP contribution in [0.25, 0.3) is 22.6 Å². The highest BCUT2D eigenvalue weighted by atomic mass is 35.5. The van der Waals surface area contributed by atoms with Gasteiger partial charge in [-0.2, -0.15) is 5.10 Å². The highest BCUT2D eigenvalue weighted by Gasteiger charge is 2.34. The normalized spacial score (nSPS) is 13.9. The highest BCUT2D eigenvalue weighted by molar-refractivity contribution is 6.35. The van der Waals surface area contributed by atoms with Crippen LogP contribution in [-0.2, 0) is 17.8 Å². The molecular weight excluding hydrogens is 982 g/mol. The van der Waals surface area contributed by atoms with Gasteiger partial charge in [-0.1, -0.05) is 97.5 Å². The largest absolute Gasteiger partial charge is 0.466 e. The van der Waals surface area contributed by atoms with Gasteiger partial charge in [-0.05, 0) is 77.7 Å². The number of aromatic nitrogens is 8. The number of ether oxygens (including phenoxy) is 2. The third-order valence-electron chi connectivity index (χ3n) is 10.0. The van der Waals surface area contributed by atoms with Crippen molar-refractivity contribution in [3.63, 3.8) is 0 Å². The Morgan fingerprint density at radius 1 is 1.00 bits per heavy atom. The van der Waals surface area contributed by atoms with Gasteiger partial charge in [-0.15, -0.1) is 6.58 Å². The average Bonchev–Trinajstić information content (AvgIpc) is 4.21. The molecule has 70 heavy (non-hydrogen) atoms. The molecule has 0 saturated carbocycles. The molecule has 0 amide bonds. The number of guanidine groups is 1. The smallest absolute Gasteiger partial charge is 0.271 e. The van der Waals surface area contributed by atoms with E-state index in [-0.39, 0.29) is 17.5 Å². The molecule has 18 nitrogen and oxygen atoms in total. The fraction of sp³-hybridized carbons (Fsp3) is 0.250. The van der Waals surface area contributed by atoms with Gasteiger partial charge in [0.25, 0.3) is 5.96 Å². The number of H-pyrrole nitrogens is 1. The fourth-order valence-corrected chi connectivity index (χ4v) is 7.29. The average molecular weight is 1030 g/mol. The molecule has 1 fully saturated rings. The Morgan fingerprint density at radius 2 is 1.79 bits per heavy atom. The minimum atomic E-state index is -0.750. The molecule has 22 heteroatoms. The predicted octanol–water partition coefficient (Wildman–Crippen LogP) is 10.6. The zero-order valence-corrected chi connectivity index (χ0v) is 41.2. The van der Waals surface area contributed by atoms with Crippen molar-refractivity contribution in [2.75, 3.05) is 19.7 Å². The van der Waals surface area contributed by atoms with Crippen LogP contribution in [0.15, 0.2) is 157 Å². The summed E-state index contributed by atoms with van der Waals surface area (Å²) in [5.74, 6) is 2.43. The summed E-state index contributed by atoms with van der Waals surface area (Å²) in [5.41, 5.74) is 3.46. The number of nitrogens with one attached hydrogen (secondary N) is 2. The molecule has 3 N–H and O–H groups in total. The lowest BCUT2D eigenvalue weighted by Crippen LogP contribution is -2.38. The Bertz CT molecular complexity index is 2830. The maximum Gasteiger partial charge on any atom is 0.271 e. The summed E-state index contributed by atoms with van der Waals surface area (Å²) in [5, 5.41) is 32.6. The van der Waals surface area contributed by atoms with Crippen molar-refractivity contribution in [2.24, 2.45) is 10.5 Å². The van der Waals surface area contributed by atoms with E-state index >= 15 is 0 Å². The molecule has 3 unspecified atom stereocenters. The number of fused-ring (bicyclic) bond motifs is 1. The maximum atomic E-state index is 10.5. The van der Waals surface area contributed by atoms with Crippen molar-refractivity contribution < 1.29 is 24.0 Å². The second kappa shape index (κ2) is 25.7. The second-order valence-corrected chi connectivity index (χ2v) is 17.9. The van der Waals surface area contributed by atoms with Crippen LogP contribution in [0.4, 0.5) is 0 Å². The number of rotatable bonds is 14. The standard InChI is InChI=1S/C14H14Cl2N2O.C14H18ClN3O2.C11H8N2O.C9H10ClN5O2/c1-2-7-19-14(9-18-6-5-17-10-18)12-4-3-11(15)8-13(12)16;1-14(2,3)12(19)13(18-9-16-8-17-18)20-11-6-4-10(15)5-7-11;1-2-5-9-8(4-1)12-11(13-9)10-6-3-7-14-10;10-8-2-1-7(5-12-8)6-14-4-3-11-9(14)13-15(16)17/h2-6,8,10,14H,1,7,9H2;4-9,12-13,19H,1-3H3;1-7H,(H,12,13);1-2,5H,3-4,6H2,(H,11,13). The quantitative estimate of drug-likeness (QED) is 0.0401. The van der Waals surface area contributed by atoms with E-state index in [2.05, 4.69) is 47.0 Å². The lowest BCUT2D eigenvalue weighted by atomic mass is 9.88. The number of nitro groups is 1. The summed E-state index contributed by atoms with van der Waals surface area (Å²) in [7, 11) is 0. The van der Waals surface area contributed by atoms with Crippen molar-refractivity contribution in [1.82, 2.24) is 49.5 Å². The number of benzene rings is 3. The van der Waals surface area contributed by atoms with E-state index in [1.807, 2.05) is 80.1 Å². The molecule has 0 radical (unpaired) electrons. The summed E-state index contributed by atoms with van der Waals surface area (Å²) in [6, 6.07) is 27.5. The van der Waals surface area contributed by atoms with E-state index in [0.29, 0.717) is 58.8 Å². The Balaban J connectivity index is 0.000000154. The number of hydrogen-bond acceptors (Lipinski definition) is 11. The number of imidazole rings is 2. The van der Waals surface area contributed by atoms with Gasteiger partial charge >= 0.3 is 0 Å². The molecule has 0 spiro atoms. The number of para-hydroxylation sites is 2. The number of pyridine rings is 1. The molecule has 8 aromatic rings. The number of aliphatic hydroxyl groups is 1. The van der Waals surface area contributed by atoms with E-state index < -0.39 is 17.4 Å². The lowest BCUT2D eigenvalue weighted by molar-refractivity contribution is -0.485. The van der Waals surface area contributed by atoms with Gasteiger partial charge < -0.3 is 38.8 Å². The van der Waals surface area contributed by atoms with Crippen molar-refractivity contribution in [2.45, 2.75) is 52.3 Å². The molecule has 3 atom stereocenters. The summed E-state index contributed by atoms with van der Waals surface area (Å²) >= 11 is 23.7. The zero-order valence-electron chi connectivity index (χ0n) is 38.2. The van der Waals surface area contributed by atoms with Crippen LogP contribution in [0.3, 0.4) is 0 Å². The van der Waals surface area contributed by atoms with Crippen LogP contribution in [0, 0.1) is 15.5 Å². The molecule has 0 bridgehead atoms. The Labute approximate surface area is 423 Å². The zero-order chi connectivity index (χ0) is 50.0. The van der Waals surface area contributed by atoms with E-state index in [4.69, 9.17) is 60.3 Å². The van der Waals surface area contributed by atoms with Crippen molar-refractivity contribution >= 4 is 63.4 Å². The number of aromatic amines is 1. The predicted molar refractivity (Wildman–Crippen MR) is 270 cm³/mol. The second-order valence-electron chi connectivity index (χ2n) is 16.3. The Morgan fingerprint density at radius 3 is 2.41 bits per heavy atom. The van der Waals surface area contributed by atoms with E-state index in [9.17, 15) is 15.2 Å². The lowest BCUT2D eigenvalue weighted by Gasteiger charge is -2.32. The molecule has 366 valence electrons. The van der Waals surface area contributed by atoms with E-state index in [1.54, 1.807) is 78.4 Å². The highest BCUT2D eigenvalue weighted by Crippen LogP contribution is 2.32. The van der Waals surface area contributed by atoms with E-state index in [1.165, 1.54) is 17.3 Å². The summed E-state index contributed by atoms with van der Waals surface area (Å²) in [6.45, 7) is 12.4. The molecular formula is C48H50Cl4N12O6. The number of nitrogens with zero attached hydrogens (tertiary/aromatic N) is 10. The van der Waals surface area contributed by atoms with E-state index in [0.717, 1.165) is 33.7 Å². The van der Waals surface area contributed by atoms with Crippen LogP contribution < -0.4 is 10.1 Å². The first-order valence-electron chi connectivity index (χ1n) is 21.5. The SMILES string of the molecule is C=CCOC(Cn1ccnc1)c1ccc(Cl)cc1Cl.CC(C)(C)C(O)C(Oc1ccc(Cl)cc1)n1cncn1.O=[N+]([O-])/N=C1\NCCN1Cc1ccc(Cl)nc1.c1coc(-c2nc3ccccc3[nH]2)c1. The number of halogens is 4. The van der Waals surface area contributed by atoms with Crippen LogP contribution in [0.5, 0.6) is 5.75 Å². The minimum Gasteiger partial charge on any atom is -0.466 e. The van der Waals surface area contributed by atoms with Gasteiger partial charge in [-0.3, -0.25) is 0 Å². The molecule has 1 aliphatic rings. The molecule has 0 aliphatic carbocycles. The monoisotopic (exact) mass is 1030 g/mol. The Kier molecular flexibility index (Phi) is 19.3. The molecule has 9 rings (SSSR count). The minimum absolute atomic E-state index is 0.169. The topological polar surface area (TPSA) is 213 Å². The Hall–Kier alpha value is -6.80. The molecule has 1 aliphatic heterocycles. The first-order chi connectivity index (χ1) is 33.7. The van der Waals surface area contributed by atoms with Crippen LogP contribution >= 0.6 is 46.4 Å². The van der Waals surface area contributed by atoms with Gasteiger partial charge in [-0.25, -0.2) is 34.7 Å². The van der Waals surface area contributed by atoms with Crippen LogP contribution in [0.2, 0.25) is 20.2 Å². The van der Waals surface area contributed by atoms with Crippen molar-refractivity contribution in [1.29, 1.82) is 0 Å². The number of aliphatic hydroxyl groups excluding tert-OH is 1. The molecule has 5 aromatic heterocycles. The number of furan rings is 1. The third-order valence-corrected chi connectivity index (χ3v) is 11.1. The molecule has 6 heterocycles. The number of hydrazone groups is 1. The van der Waals surface area contributed by atoms with Gasteiger partial charge in [0.2, 0.25) is 6.23 Å². The summed E-state index contributed by atoms with van der Waals surface area (Å²) in [6.07, 6.45) is 11.7. The summed E-state index contributed by atoms with van der Waals surface area (Å²) in [4.78, 5) is 31.6. The third kappa shape index (κ3) is 15.9. The van der Waals surface area contributed by atoms with Crippen LogP contribution in [0.1, 0.15) is 44.2 Å².